The van der Waals surface area contributed by atoms with E-state index in [1.807, 2.05) is 0 Å². The molecule has 0 spiro atoms. The second-order valence-corrected chi connectivity index (χ2v) is 5.25. The van der Waals surface area contributed by atoms with Crippen LogP contribution < -0.4 is 5.32 Å². The maximum absolute atomic E-state index is 11.7. The standard InChI is InChI=1S/C12H9Cl2N3OS/c13-9-3-2-8(6-10(9)14)17-11(18)7-19-12-15-4-1-5-16-12/h1-6H,7H2,(H,17,18). The van der Waals surface area contributed by atoms with Crippen molar-refractivity contribution >= 4 is 46.6 Å². The molecule has 1 aromatic heterocycles. The van der Waals surface area contributed by atoms with Crippen molar-refractivity contribution in [2.45, 2.75) is 5.16 Å². The lowest BCUT2D eigenvalue weighted by molar-refractivity contribution is -0.113. The highest BCUT2D eigenvalue weighted by molar-refractivity contribution is 7.99. The van der Waals surface area contributed by atoms with Gasteiger partial charge in [-0.3, -0.25) is 4.79 Å². The van der Waals surface area contributed by atoms with Crippen LogP contribution in [0, 0.1) is 0 Å². The molecular formula is C12H9Cl2N3OS. The molecule has 0 aliphatic rings. The van der Waals surface area contributed by atoms with Crippen LogP contribution in [0.5, 0.6) is 0 Å². The zero-order valence-corrected chi connectivity index (χ0v) is 12.0. The molecule has 1 aromatic carbocycles. The van der Waals surface area contributed by atoms with E-state index in [0.717, 1.165) is 0 Å². The molecule has 0 unspecified atom stereocenters. The Bertz CT molecular complexity index is 580. The van der Waals surface area contributed by atoms with Crippen molar-refractivity contribution in [3.05, 3.63) is 46.7 Å². The van der Waals surface area contributed by atoms with Gasteiger partial charge in [-0.2, -0.15) is 0 Å². The van der Waals surface area contributed by atoms with E-state index in [2.05, 4.69) is 15.3 Å². The molecule has 0 fully saturated rings. The molecule has 7 heteroatoms. The summed E-state index contributed by atoms with van der Waals surface area (Å²) in [6.45, 7) is 0. The Hall–Kier alpha value is -1.30. The highest BCUT2D eigenvalue weighted by Crippen LogP contribution is 2.25. The number of anilines is 1. The Morgan fingerprint density at radius 3 is 2.63 bits per heavy atom. The number of thioether (sulfide) groups is 1. The van der Waals surface area contributed by atoms with Gasteiger partial charge in [0.1, 0.15) is 0 Å². The summed E-state index contributed by atoms with van der Waals surface area (Å²) >= 11 is 12.9. The first-order valence-corrected chi connectivity index (χ1v) is 7.04. The summed E-state index contributed by atoms with van der Waals surface area (Å²) in [5.74, 6) is 0.0698. The van der Waals surface area contributed by atoms with Crippen molar-refractivity contribution in [1.29, 1.82) is 0 Å². The molecule has 0 atom stereocenters. The van der Waals surface area contributed by atoms with Crippen LogP contribution in [-0.2, 0) is 4.79 Å². The van der Waals surface area contributed by atoms with Gasteiger partial charge in [0.2, 0.25) is 5.91 Å². The monoisotopic (exact) mass is 313 g/mol. The summed E-state index contributed by atoms with van der Waals surface area (Å²) < 4.78 is 0. The van der Waals surface area contributed by atoms with E-state index in [-0.39, 0.29) is 11.7 Å². The number of amides is 1. The van der Waals surface area contributed by atoms with E-state index in [1.54, 1.807) is 36.7 Å². The SMILES string of the molecule is O=C(CSc1ncccn1)Nc1ccc(Cl)c(Cl)c1. The molecule has 0 saturated heterocycles. The molecule has 0 saturated carbocycles. The summed E-state index contributed by atoms with van der Waals surface area (Å²) in [5, 5.41) is 4.14. The van der Waals surface area contributed by atoms with E-state index in [1.165, 1.54) is 11.8 Å². The summed E-state index contributed by atoms with van der Waals surface area (Å²) in [7, 11) is 0. The Kier molecular flexibility index (Phi) is 5.01. The number of hydrogen-bond donors (Lipinski definition) is 1. The van der Waals surface area contributed by atoms with Gasteiger partial charge in [-0.25, -0.2) is 9.97 Å². The molecule has 0 bridgehead atoms. The highest BCUT2D eigenvalue weighted by atomic mass is 35.5. The van der Waals surface area contributed by atoms with E-state index in [0.29, 0.717) is 20.9 Å². The minimum Gasteiger partial charge on any atom is -0.325 e. The average Bonchev–Trinajstić information content (AvgIpc) is 2.42. The van der Waals surface area contributed by atoms with Crippen molar-refractivity contribution in [2.24, 2.45) is 0 Å². The highest BCUT2D eigenvalue weighted by Gasteiger charge is 2.06. The summed E-state index contributed by atoms with van der Waals surface area (Å²) in [4.78, 5) is 19.8. The van der Waals surface area contributed by atoms with Crippen molar-refractivity contribution in [2.75, 3.05) is 11.1 Å². The zero-order chi connectivity index (χ0) is 13.7. The van der Waals surface area contributed by atoms with Gasteiger partial charge < -0.3 is 5.32 Å². The topological polar surface area (TPSA) is 54.9 Å². The fourth-order valence-corrected chi connectivity index (χ4v) is 2.16. The minimum absolute atomic E-state index is 0.157. The van der Waals surface area contributed by atoms with Crippen LogP contribution in [0.3, 0.4) is 0 Å². The zero-order valence-electron chi connectivity index (χ0n) is 9.64. The number of nitrogens with zero attached hydrogens (tertiary/aromatic N) is 2. The van der Waals surface area contributed by atoms with Gasteiger partial charge in [0, 0.05) is 18.1 Å². The summed E-state index contributed by atoms with van der Waals surface area (Å²) in [6, 6.07) is 6.65. The van der Waals surface area contributed by atoms with Gasteiger partial charge in [0.25, 0.3) is 0 Å². The smallest absolute Gasteiger partial charge is 0.234 e. The first kappa shape index (κ1) is 14.1. The lowest BCUT2D eigenvalue weighted by atomic mass is 10.3. The number of nitrogens with one attached hydrogen (secondary N) is 1. The van der Waals surface area contributed by atoms with Gasteiger partial charge in [-0.1, -0.05) is 35.0 Å². The van der Waals surface area contributed by atoms with Crippen LogP contribution >= 0.6 is 35.0 Å². The Balaban J connectivity index is 1.89. The molecule has 98 valence electrons. The fraction of sp³-hybridized carbons (Fsp3) is 0.0833. The molecule has 4 nitrogen and oxygen atoms in total. The van der Waals surface area contributed by atoms with E-state index >= 15 is 0 Å². The molecule has 1 heterocycles. The van der Waals surface area contributed by atoms with Gasteiger partial charge in [0.05, 0.1) is 15.8 Å². The van der Waals surface area contributed by atoms with Gasteiger partial charge in [0.15, 0.2) is 5.16 Å². The maximum atomic E-state index is 11.7. The lowest BCUT2D eigenvalue weighted by Crippen LogP contribution is -2.14. The van der Waals surface area contributed by atoms with Crippen molar-refractivity contribution < 1.29 is 4.79 Å². The largest absolute Gasteiger partial charge is 0.325 e. The molecule has 19 heavy (non-hydrogen) atoms. The van der Waals surface area contributed by atoms with Crippen LogP contribution in [0.2, 0.25) is 10.0 Å². The number of hydrogen-bond acceptors (Lipinski definition) is 4. The number of carbonyl (C=O) groups excluding carboxylic acids is 1. The summed E-state index contributed by atoms with van der Waals surface area (Å²) in [5.41, 5.74) is 0.606. The Labute approximate surface area is 124 Å². The molecule has 2 aromatic rings. The van der Waals surface area contributed by atoms with E-state index in [9.17, 15) is 4.79 Å². The van der Waals surface area contributed by atoms with Crippen LogP contribution in [0.25, 0.3) is 0 Å². The van der Waals surface area contributed by atoms with Crippen LogP contribution in [0.4, 0.5) is 5.69 Å². The Morgan fingerprint density at radius 2 is 1.95 bits per heavy atom. The molecule has 1 N–H and O–H groups in total. The summed E-state index contributed by atoms with van der Waals surface area (Å²) in [6.07, 6.45) is 3.26. The van der Waals surface area contributed by atoms with Gasteiger partial charge in [-0.05, 0) is 24.3 Å². The average molecular weight is 314 g/mol. The van der Waals surface area contributed by atoms with Crippen molar-refractivity contribution in [1.82, 2.24) is 9.97 Å². The normalized spacial score (nSPS) is 10.2. The molecule has 2 rings (SSSR count). The third-order valence-electron chi connectivity index (χ3n) is 2.08. The molecule has 1 amide bonds. The quantitative estimate of drug-likeness (QED) is 0.693. The number of benzene rings is 1. The lowest BCUT2D eigenvalue weighted by Gasteiger charge is -2.05. The maximum Gasteiger partial charge on any atom is 0.234 e. The molecule has 0 aliphatic carbocycles. The van der Waals surface area contributed by atoms with E-state index < -0.39 is 0 Å². The molecule has 0 aliphatic heterocycles. The van der Waals surface area contributed by atoms with Gasteiger partial charge >= 0.3 is 0 Å². The predicted molar refractivity (Wildman–Crippen MR) is 77.8 cm³/mol. The van der Waals surface area contributed by atoms with E-state index in [4.69, 9.17) is 23.2 Å². The second kappa shape index (κ2) is 6.75. The van der Waals surface area contributed by atoms with Crippen molar-refractivity contribution in [3.8, 4) is 0 Å². The number of aromatic nitrogens is 2. The Morgan fingerprint density at radius 1 is 1.21 bits per heavy atom. The first-order valence-electron chi connectivity index (χ1n) is 5.30. The van der Waals surface area contributed by atoms with Crippen LogP contribution in [-0.4, -0.2) is 21.6 Å². The second-order valence-electron chi connectivity index (χ2n) is 3.50. The van der Waals surface area contributed by atoms with Crippen LogP contribution in [0.15, 0.2) is 41.8 Å². The van der Waals surface area contributed by atoms with Crippen molar-refractivity contribution in [3.63, 3.8) is 0 Å². The molecular weight excluding hydrogens is 305 g/mol. The molecule has 0 radical (unpaired) electrons. The number of carbonyl (C=O) groups is 1. The third kappa shape index (κ3) is 4.38. The third-order valence-corrected chi connectivity index (χ3v) is 3.69. The number of rotatable bonds is 4. The predicted octanol–water partition coefficient (Wildman–Crippen LogP) is 3.51. The fourth-order valence-electron chi connectivity index (χ4n) is 1.26. The minimum atomic E-state index is -0.157. The van der Waals surface area contributed by atoms with Crippen LogP contribution in [0.1, 0.15) is 0 Å². The van der Waals surface area contributed by atoms with Gasteiger partial charge in [-0.15, -0.1) is 0 Å². The number of halogens is 2. The first-order chi connectivity index (χ1) is 9.15.